The zero-order chi connectivity index (χ0) is 38.2. The first kappa shape index (κ1) is 50.4. The number of carbonyl (C=O) groups excluding carboxylic acids is 3. The first-order chi connectivity index (χ1) is 25.4. The molecule has 0 aromatic carbocycles. The zero-order valence-electron chi connectivity index (χ0n) is 35.3. The average Bonchev–Trinajstić information content (AvgIpc) is 3.12. The van der Waals surface area contributed by atoms with E-state index in [0.717, 1.165) is 63.7 Å². The van der Waals surface area contributed by atoms with Crippen LogP contribution in [0, 0.1) is 5.92 Å². The standard InChI is InChI=1S/C46H88O6/c1-5-7-9-11-13-15-17-18-19-21-27-31-35-39-46(49)52-43(40-50-44(47)37-33-29-25-20-16-14-12-10-8-6-2)41-51-45(48)38-34-30-26-23-22-24-28-32-36-42(3)4/h42-43H,5-41H2,1-4H3/t43-/m0/s1. The third kappa shape index (κ3) is 39.6. The minimum absolute atomic E-state index is 0.0641. The first-order valence-corrected chi connectivity index (χ1v) is 22.9. The molecule has 0 aliphatic rings. The Morgan fingerprint density at radius 2 is 0.635 bits per heavy atom. The molecule has 0 aromatic rings. The highest BCUT2D eigenvalue weighted by Gasteiger charge is 2.19. The molecular weight excluding hydrogens is 648 g/mol. The largest absolute Gasteiger partial charge is 0.462 e. The van der Waals surface area contributed by atoms with Gasteiger partial charge in [-0.3, -0.25) is 14.4 Å². The van der Waals surface area contributed by atoms with Gasteiger partial charge in [0.2, 0.25) is 0 Å². The zero-order valence-corrected chi connectivity index (χ0v) is 35.3. The van der Waals surface area contributed by atoms with E-state index in [1.807, 2.05) is 0 Å². The number of esters is 3. The van der Waals surface area contributed by atoms with Crippen molar-refractivity contribution in [1.82, 2.24) is 0 Å². The van der Waals surface area contributed by atoms with Crippen molar-refractivity contribution in [2.24, 2.45) is 5.92 Å². The number of carbonyl (C=O) groups is 3. The van der Waals surface area contributed by atoms with Crippen LogP contribution in [0.15, 0.2) is 0 Å². The minimum atomic E-state index is -0.759. The third-order valence-electron chi connectivity index (χ3n) is 10.3. The van der Waals surface area contributed by atoms with Gasteiger partial charge in [0.25, 0.3) is 0 Å². The van der Waals surface area contributed by atoms with Gasteiger partial charge in [-0.15, -0.1) is 0 Å². The second-order valence-corrected chi connectivity index (χ2v) is 16.2. The smallest absolute Gasteiger partial charge is 0.306 e. The maximum atomic E-state index is 12.7. The van der Waals surface area contributed by atoms with E-state index in [0.29, 0.717) is 19.3 Å². The molecule has 0 N–H and O–H groups in total. The molecule has 0 fully saturated rings. The van der Waals surface area contributed by atoms with Crippen molar-refractivity contribution in [1.29, 1.82) is 0 Å². The van der Waals surface area contributed by atoms with Gasteiger partial charge in [-0.25, -0.2) is 0 Å². The highest BCUT2D eigenvalue weighted by molar-refractivity contribution is 5.71. The number of ether oxygens (including phenoxy) is 3. The van der Waals surface area contributed by atoms with Crippen molar-refractivity contribution in [2.75, 3.05) is 13.2 Å². The number of hydrogen-bond donors (Lipinski definition) is 0. The van der Waals surface area contributed by atoms with Crippen LogP contribution in [0.5, 0.6) is 0 Å². The summed E-state index contributed by atoms with van der Waals surface area (Å²) in [6, 6.07) is 0. The van der Waals surface area contributed by atoms with E-state index in [-0.39, 0.29) is 31.1 Å². The maximum Gasteiger partial charge on any atom is 0.306 e. The highest BCUT2D eigenvalue weighted by atomic mass is 16.6. The van der Waals surface area contributed by atoms with Crippen molar-refractivity contribution in [2.45, 2.75) is 259 Å². The van der Waals surface area contributed by atoms with Gasteiger partial charge in [-0.1, -0.05) is 214 Å². The van der Waals surface area contributed by atoms with Gasteiger partial charge < -0.3 is 14.2 Å². The van der Waals surface area contributed by atoms with Crippen LogP contribution in [0.2, 0.25) is 0 Å². The van der Waals surface area contributed by atoms with Crippen LogP contribution < -0.4 is 0 Å². The Balaban J connectivity index is 4.33. The van der Waals surface area contributed by atoms with Crippen LogP contribution >= 0.6 is 0 Å². The highest BCUT2D eigenvalue weighted by Crippen LogP contribution is 2.16. The van der Waals surface area contributed by atoms with E-state index in [4.69, 9.17) is 14.2 Å². The normalized spacial score (nSPS) is 11.9. The topological polar surface area (TPSA) is 78.9 Å². The Morgan fingerprint density at radius 3 is 0.942 bits per heavy atom. The van der Waals surface area contributed by atoms with E-state index in [9.17, 15) is 14.4 Å². The molecule has 0 saturated heterocycles. The van der Waals surface area contributed by atoms with Crippen molar-refractivity contribution in [3.8, 4) is 0 Å². The fourth-order valence-electron chi connectivity index (χ4n) is 6.80. The van der Waals surface area contributed by atoms with Gasteiger partial charge in [0.1, 0.15) is 13.2 Å². The molecule has 6 heteroatoms. The predicted molar refractivity (Wildman–Crippen MR) is 220 cm³/mol. The minimum Gasteiger partial charge on any atom is -0.462 e. The Bertz CT molecular complexity index is 781. The Hall–Kier alpha value is -1.59. The molecule has 0 aliphatic heterocycles. The molecule has 0 rings (SSSR count). The predicted octanol–water partition coefficient (Wildman–Crippen LogP) is 14.3. The molecular formula is C46H88O6. The molecule has 0 aliphatic carbocycles. The lowest BCUT2D eigenvalue weighted by atomic mass is 10.0. The van der Waals surface area contributed by atoms with Crippen molar-refractivity contribution < 1.29 is 28.6 Å². The Morgan fingerprint density at radius 1 is 0.365 bits per heavy atom. The maximum absolute atomic E-state index is 12.7. The van der Waals surface area contributed by atoms with Gasteiger partial charge in [0.15, 0.2) is 6.10 Å². The number of rotatable bonds is 41. The summed E-state index contributed by atoms with van der Waals surface area (Å²) in [5, 5.41) is 0. The summed E-state index contributed by atoms with van der Waals surface area (Å²) in [6.45, 7) is 8.95. The molecule has 0 spiro atoms. The van der Waals surface area contributed by atoms with Crippen LogP contribution in [0.3, 0.4) is 0 Å². The molecule has 0 aromatic heterocycles. The van der Waals surface area contributed by atoms with E-state index in [2.05, 4.69) is 27.7 Å². The summed E-state index contributed by atoms with van der Waals surface area (Å²) in [4.78, 5) is 37.7. The molecule has 0 bridgehead atoms. The summed E-state index contributed by atoms with van der Waals surface area (Å²) in [5.74, 6) is -0.0596. The summed E-state index contributed by atoms with van der Waals surface area (Å²) in [7, 11) is 0. The summed E-state index contributed by atoms with van der Waals surface area (Å²) in [6.07, 6.45) is 39.4. The van der Waals surface area contributed by atoms with E-state index in [1.54, 1.807) is 0 Å². The summed E-state index contributed by atoms with van der Waals surface area (Å²) in [5.41, 5.74) is 0. The lowest BCUT2D eigenvalue weighted by Gasteiger charge is -2.18. The molecule has 0 amide bonds. The van der Waals surface area contributed by atoms with Gasteiger partial charge in [-0.05, 0) is 25.2 Å². The third-order valence-corrected chi connectivity index (χ3v) is 10.3. The second kappa shape index (κ2) is 40.6. The quantitative estimate of drug-likeness (QED) is 0.0353. The summed E-state index contributed by atoms with van der Waals surface area (Å²) < 4.78 is 16.7. The fraction of sp³-hybridized carbons (Fsp3) is 0.935. The number of unbranched alkanes of at least 4 members (excludes halogenated alkanes) is 28. The Labute approximate surface area is 323 Å². The Kier molecular flexibility index (Phi) is 39.4. The van der Waals surface area contributed by atoms with Crippen molar-refractivity contribution >= 4 is 17.9 Å². The van der Waals surface area contributed by atoms with E-state index in [1.165, 1.54) is 148 Å². The van der Waals surface area contributed by atoms with Crippen molar-refractivity contribution in [3.05, 3.63) is 0 Å². The molecule has 308 valence electrons. The van der Waals surface area contributed by atoms with Crippen LogP contribution in [-0.4, -0.2) is 37.2 Å². The van der Waals surface area contributed by atoms with Gasteiger partial charge >= 0.3 is 17.9 Å². The van der Waals surface area contributed by atoms with Gasteiger partial charge in [0, 0.05) is 19.3 Å². The first-order valence-electron chi connectivity index (χ1n) is 22.9. The van der Waals surface area contributed by atoms with Crippen LogP contribution in [0.4, 0.5) is 0 Å². The fourth-order valence-corrected chi connectivity index (χ4v) is 6.80. The molecule has 52 heavy (non-hydrogen) atoms. The van der Waals surface area contributed by atoms with E-state index >= 15 is 0 Å². The lowest BCUT2D eigenvalue weighted by Crippen LogP contribution is -2.30. The van der Waals surface area contributed by atoms with Crippen molar-refractivity contribution in [3.63, 3.8) is 0 Å². The number of hydrogen-bond acceptors (Lipinski definition) is 6. The SMILES string of the molecule is CCCCCCCCCCCCCCCC(=O)O[C@@H](COC(=O)CCCCCCCCCCCC)COC(=O)CCCCCCCCCCC(C)C. The molecule has 6 nitrogen and oxygen atoms in total. The van der Waals surface area contributed by atoms with Crippen LogP contribution in [-0.2, 0) is 28.6 Å². The van der Waals surface area contributed by atoms with Gasteiger partial charge in [-0.2, -0.15) is 0 Å². The second-order valence-electron chi connectivity index (χ2n) is 16.2. The monoisotopic (exact) mass is 737 g/mol. The molecule has 0 unspecified atom stereocenters. The molecule has 0 radical (unpaired) electrons. The van der Waals surface area contributed by atoms with Crippen LogP contribution in [0.1, 0.15) is 252 Å². The molecule has 0 saturated carbocycles. The van der Waals surface area contributed by atoms with E-state index < -0.39 is 6.10 Å². The average molecular weight is 737 g/mol. The lowest BCUT2D eigenvalue weighted by molar-refractivity contribution is -0.167. The van der Waals surface area contributed by atoms with Crippen LogP contribution in [0.25, 0.3) is 0 Å². The molecule has 1 atom stereocenters. The van der Waals surface area contributed by atoms with Gasteiger partial charge in [0.05, 0.1) is 0 Å². The molecule has 0 heterocycles. The summed E-state index contributed by atoms with van der Waals surface area (Å²) >= 11 is 0.